The van der Waals surface area contributed by atoms with Gasteiger partial charge in [0, 0.05) is 18.1 Å². The Bertz CT molecular complexity index is 1220. The van der Waals surface area contributed by atoms with Crippen LogP contribution in [-0.4, -0.2) is 41.9 Å². The molecule has 1 atom stereocenters. The summed E-state index contributed by atoms with van der Waals surface area (Å²) in [6, 6.07) is 8.54. The zero-order valence-electron chi connectivity index (χ0n) is 17.7. The maximum Gasteiger partial charge on any atom is 0.290 e. The monoisotopic (exact) mass is 442 g/mol. The van der Waals surface area contributed by atoms with Crippen LogP contribution in [0.3, 0.4) is 0 Å². The molecule has 0 aliphatic carbocycles. The third-order valence-corrected chi connectivity index (χ3v) is 6.37. The zero-order valence-corrected chi connectivity index (χ0v) is 18.5. The molecular formula is C24H24ClFN2O3. The molecule has 162 valence electrons. The maximum atomic E-state index is 14.1. The number of carbonyl (C=O) groups excluding carboxylic acids is 1. The second-order valence-corrected chi connectivity index (χ2v) is 8.16. The number of carbonyl (C=O) groups is 1. The van der Waals surface area contributed by atoms with Gasteiger partial charge in [0.15, 0.2) is 5.43 Å². The number of halogens is 2. The molecule has 0 spiro atoms. The van der Waals surface area contributed by atoms with Gasteiger partial charge in [-0.1, -0.05) is 37.6 Å². The van der Waals surface area contributed by atoms with Crippen molar-refractivity contribution in [2.24, 2.45) is 0 Å². The number of benzene rings is 2. The fraction of sp³-hybridized carbons (Fsp3) is 0.333. The molecule has 1 amide bonds. The van der Waals surface area contributed by atoms with Crippen LogP contribution in [0, 0.1) is 12.7 Å². The van der Waals surface area contributed by atoms with Gasteiger partial charge in [0.2, 0.25) is 5.76 Å². The SMILES string of the molecule is CCN(CC)CCN1C(=O)c2oc3cc(C)c(Cl)cc3c(=O)c2[C@@H]1c1cccc(F)c1. The van der Waals surface area contributed by atoms with Crippen LogP contribution in [-0.2, 0) is 0 Å². The highest BCUT2D eigenvalue weighted by Gasteiger charge is 2.42. The lowest BCUT2D eigenvalue weighted by Crippen LogP contribution is -2.37. The number of nitrogens with zero attached hydrogens (tertiary/aromatic N) is 2. The Morgan fingerprint density at radius 2 is 1.90 bits per heavy atom. The van der Waals surface area contributed by atoms with Crippen molar-refractivity contribution in [1.82, 2.24) is 9.80 Å². The van der Waals surface area contributed by atoms with Gasteiger partial charge in [-0.2, -0.15) is 0 Å². The summed E-state index contributed by atoms with van der Waals surface area (Å²) in [6.07, 6.45) is 0. The molecule has 2 aromatic carbocycles. The van der Waals surface area contributed by atoms with Crippen molar-refractivity contribution >= 4 is 28.5 Å². The molecule has 0 bridgehead atoms. The van der Waals surface area contributed by atoms with Gasteiger partial charge in [-0.25, -0.2) is 4.39 Å². The molecule has 0 N–H and O–H groups in total. The van der Waals surface area contributed by atoms with Crippen LogP contribution in [0.25, 0.3) is 11.0 Å². The molecule has 0 radical (unpaired) electrons. The number of hydrogen-bond donors (Lipinski definition) is 0. The van der Waals surface area contributed by atoms with E-state index in [0.29, 0.717) is 34.6 Å². The Kier molecular flexibility index (Phi) is 5.86. The molecule has 1 aromatic heterocycles. The van der Waals surface area contributed by atoms with E-state index in [4.69, 9.17) is 16.0 Å². The Balaban J connectivity index is 1.90. The summed E-state index contributed by atoms with van der Waals surface area (Å²) in [5, 5.41) is 0.763. The lowest BCUT2D eigenvalue weighted by molar-refractivity contribution is 0.0708. The first-order chi connectivity index (χ1) is 14.8. The van der Waals surface area contributed by atoms with E-state index >= 15 is 0 Å². The second kappa shape index (κ2) is 8.44. The summed E-state index contributed by atoms with van der Waals surface area (Å²) in [4.78, 5) is 30.6. The summed E-state index contributed by atoms with van der Waals surface area (Å²) in [5.74, 6) is -0.762. The Hall–Kier alpha value is -2.70. The van der Waals surface area contributed by atoms with E-state index in [-0.39, 0.29) is 22.7 Å². The van der Waals surface area contributed by atoms with Crippen molar-refractivity contribution in [3.05, 3.63) is 79.9 Å². The molecule has 0 fully saturated rings. The van der Waals surface area contributed by atoms with Crippen LogP contribution < -0.4 is 5.43 Å². The minimum Gasteiger partial charge on any atom is -0.450 e. The van der Waals surface area contributed by atoms with Crippen molar-refractivity contribution in [3.8, 4) is 0 Å². The average molecular weight is 443 g/mol. The molecule has 4 rings (SSSR count). The van der Waals surface area contributed by atoms with Crippen molar-refractivity contribution in [2.45, 2.75) is 26.8 Å². The predicted molar refractivity (Wildman–Crippen MR) is 119 cm³/mol. The fourth-order valence-corrected chi connectivity index (χ4v) is 4.35. The smallest absolute Gasteiger partial charge is 0.290 e. The number of likely N-dealkylation sites (N-methyl/N-ethyl adjacent to an activating group) is 1. The molecule has 1 aliphatic heterocycles. The topological polar surface area (TPSA) is 53.8 Å². The Morgan fingerprint density at radius 1 is 1.16 bits per heavy atom. The quantitative estimate of drug-likeness (QED) is 0.551. The molecule has 0 unspecified atom stereocenters. The third kappa shape index (κ3) is 3.75. The van der Waals surface area contributed by atoms with Crippen molar-refractivity contribution < 1.29 is 13.6 Å². The van der Waals surface area contributed by atoms with E-state index in [9.17, 15) is 14.0 Å². The summed E-state index contributed by atoms with van der Waals surface area (Å²) in [5.41, 5.74) is 1.54. The molecule has 1 aliphatic rings. The van der Waals surface area contributed by atoms with E-state index in [1.807, 2.05) is 6.92 Å². The third-order valence-electron chi connectivity index (χ3n) is 5.96. The summed E-state index contributed by atoms with van der Waals surface area (Å²) >= 11 is 6.25. The van der Waals surface area contributed by atoms with Crippen LogP contribution >= 0.6 is 11.6 Å². The highest BCUT2D eigenvalue weighted by molar-refractivity contribution is 6.32. The summed E-state index contributed by atoms with van der Waals surface area (Å²) in [6.45, 7) is 8.63. The van der Waals surface area contributed by atoms with E-state index in [1.54, 1.807) is 29.2 Å². The predicted octanol–water partition coefficient (Wildman–Crippen LogP) is 4.78. The highest BCUT2D eigenvalue weighted by Crippen LogP contribution is 2.38. The first-order valence-electron chi connectivity index (χ1n) is 10.4. The lowest BCUT2D eigenvalue weighted by atomic mass is 9.98. The van der Waals surface area contributed by atoms with Gasteiger partial charge < -0.3 is 14.2 Å². The largest absolute Gasteiger partial charge is 0.450 e. The maximum absolute atomic E-state index is 14.1. The van der Waals surface area contributed by atoms with Gasteiger partial charge in [0.1, 0.15) is 11.4 Å². The van der Waals surface area contributed by atoms with E-state index < -0.39 is 11.9 Å². The molecule has 7 heteroatoms. The zero-order chi connectivity index (χ0) is 22.3. The first kappa shape index (κ1) is 21.5. The Labute approximate surface area is 185 Å². The van der Waals surface area contributed by atoms with Gasteiger partial charge in [-0.05, 0) is 55.4 Å². The van der Waals surface area contributed by atoms with Gasteiger partial charge >= 0.3 is 0 Å². The van der Waals surface area contributed by atoms with Crippen molar-refractivity contribution in [1.29, 1.82) is 0 Å². The first-order valence-corrected chi connectivity index (χ1v) is 10.8. The number of amides is 1. The Morgan fingerprint density at radius 3 is 2.58 bits per heavy atom. The minimum atomic E-state index is -0.713. The lowest BCUT2D eigenvalue weighted by Gasteiger charge is -2.28. The minimum absolute atomic E-state index is 0.0213. The number of fused-ring (bicyclic) bond motifs is 2. The van der Waals surface area contributed by atoms with E-state index in [1.165, 1.54) is 12.1 Å². The van der Waals surface area contributed by atoms with E-state index in [0.717, 1.165) is 18.7 Å². The standard InChI is InChI=1S/C24H24ClFN2O3/c1-4-27(5-2)9-10-28-21(15-7-6-8-16(26)12-15)20-22(29)17-13-18(25)14(3)11-19(17)31-23(20)24(28)30/h6-8,11-13,21H,4-5,9-10H2,1-3H3/t21-/m0/s1. The normalized spacial score (nSPS) is 15.9. The van der Waals surface area contributed by atoms with E-state index in [2.05, 4.69) is 18.7 Å². The number of hydrogen-bond acceptors (Lipinski definition) is 4. The van der Waals surface area contributed by atoms with Crippen LogP contribution in [0.1, 0.15) is 47.1 Å². The van der Waals surface area contributed by atoms with Crippen LogP contribution in [0.5, 0.6) is 0 Å². The van der Waals surface area contributed by atoms with Gasteiger partial charge in [-0.3, -0.25) is 9.59 Å². The van der Waals surface area contributed by atoms with Crippen LogP contribution in [0.2, 0.25) is 5.02 Å². The molecule has 3 aromatic rings. The summed E-state index contributed by atoms with van der Waals surface area (Å²) < 4.78 is 20.0. The van der Waals surface area contributed by atoms with Gasteiger partial charge in [0.25, 0.3) is 5.91 Å². The number of aryl methyl sites for hydroxylation is 1. The van der Waals surface area contributed by atoms with Crippen molar-refractivity contribution in [2.75, 3.05) is 26.2 Å². The average Bonchev–Trinajstić information content (AvgIpc) is 3.03. The van der Waals surface area contributed by atoms with Gasteiger partial charge in [0.05, 0.1) is 17.0 Å². The van der Waals surface area contributed by atoms with Crippen LogP contribution in [0.15, 0.2) is 45.6 Å². The molecule has 2 heterocycles. The van der Waals surface area contributed by atoms with Crippen LogP contribution in [0.4, 0.5) is 4.39 Å². The summed E-state index contributed by atoms with van der Waals surface area (Å²) in [7, 11) is 0. The number of rotatable bonds is 6. The van der Waals surface area contributed by atoms with Gasteiger partial charge in [-0.15, -0.1) is 0 Å². The molecular weight excluding hydrogens is 419 g/mol. The molecule has 31 heavy (non-hydrogen) atoms. The molecule has 5 nitrogen and oxygen atoms in total. The highest BCUT2D eigenvalue weighted by atomic mass is 35.5. The second-order valence-electron chi connectivity index (χ2n) is 7.75. The molecule has 0 saturated heterocycles. The van der Waals surface area contributed by atoms with Crippen molar-refractivity contribution in [3.63, 3.8) is 0 Å². The molecule has 0 saturated carbocycles. The fourth-order valence-electron chi connectivity index (χ4n) is 4.18.